The summed E-state index contributed by atoms with van der Waals surface area (Å²) in [4.78, 5) is 40.1. The third-order valence-corrected chi connectivity index (χ3v) is 4.99. The topological polar surface area (TPSA) is 76.2 Å². The van der Waals surface area contributed by atoms with Crippen molar-refractivity contribution >= 4 is 18.0 Å². The largest absolute Gasteiger partial charge is 0.467 e. The van der Waals surface area contributed by atoms with Crippen LogP contribution in [0, 0.1) is 0 Å². The molecule has 27 heavy (non-hydrogen) atoms. The van der Waals surface area contributed by atoms with Gasteiger partial charge in [-0.05, 0) is 17.5 Å². The van der Waals surface area contributed by atoms with Gasteiger partial charge in [-0.3, -0.25) is 9.69 Å². The first-order valence-electron chi connectivity index (χ1n) is 9.04. The Balaban J connectivity index is 1.62. The van der Waals surface area contributed by atoms with Crippen molar-refractivity contribution < 1.29 is 23.9 Å². The fraction of sp³-hybridized carbons (Fsp3) is 0.450. The fourth-order valence-electron chi connectivity index (χ4n) is 3.57. The predicted molar refractivity (Wildman–Crippen MR) is 97.5 cm³/mol. The molecule has 7 nitrogen and oxygen atoms in total. The van der Waals surface area contributed by atoms with Crippen molar-refractivity contribution in [2.75, 3.05) is 13.7 Å². The molecule has 1 saturated heterocycles. The molecule has 1 aromatic carbocycles. The van der Waals surface area contributed by atoms with Crippen LogP contribution in [0.1, 0.15) is 30.4 Å². The van der Waals surface area contributed by atoms with Gasteiger partial charge in [0, 0.05) is 25.9 Å². The smallest absolute Gasteiger partial charge is 0.410 e. The van der Waals surface area contributed by atoms with Gasteiger partial charge in [-0.1, -0.05) is 30.3 Å². The van der Waals surface area contributed by atoms with Crippen molar-refractivity contribution in [2.24, 2.45) is 0 Å². The Hall–Kier alpha value is -2.83. The average Bonchev–Trinajstić information content (AvgIpc) is 3.29. The van der Waals surface area contributed by atoms with E-state index in [9.17, 15) is 14.4 Å². The minimum Gasteiger partial charge on any atom is -0.467 e. The van der Waals surface area contributed by atoms with Gasteiger partial charge in [0.25, 0.3) is 0 Å². The van der Waals surface area contributed by atoms with Crippen LogP contribution in [0.2, 0.25) is 0 Å². The van der Waals surface area contributed by atoms with Gasteiger partial charge in [0.15, 0.2) is 0 Å². The number of nitrogens with zero attached hydrogens (tertiary/aromatic N) is 2. The zero-order valence-corrected chi connectivity index (χ0v) is 15.4. The molecule has 0 aliphatic carbocycles. The number of carbonyl (C=O) groups excluding carboxylic acids is 3. The molecule has 0 radical (unpaired) electrons. The van der Waals surface area contributed by atoms with Crippen LogP contribution in [0.15, 0.2) is 36.9 Å². The van der Waals surface area contributed by atoms with E-state index >= 15 is 0 Å². The SMILES string of the molecule is C=CCCC(=O)N1CC(OC(=O)N2Cc3ccccc3C2)C[C@H]1C(=O)OC. The van der Waals surface area contributed by atoms with Crippen LogP contribution in [0.4, 0.5) is 4.79 Å². The zero-order chi connectivity index (χ0) is 19.4. The summed E-state index contributed by atoms with van der Waals surface area (Å²) in [5.74, 6) is -0.661. The molecule has 2 amide bonds. The van der Waals surface area contributed by atoms with Crippen LogP contribution < -0.4 is 0 Å². The number of rotatable bonds is 5. The van der Waals surface area contributed by atoms with Crippen LogP contribution in [-0.2, 0) is 32.2 Å². The maximum absolute atomic E-state index is 12.5. The predicted octanol–water partition coefficient (Wildman–Crippen LogP) is 2.25. The number of likely N-dealkylation sites (tertiary alicyclic amines) is 1. The molecule has 144 valence electrons. The molecule has 0 N–H and O–H groups in total. The van der Waals surface area contributed by atoms with E-state index in [4.69, 9.17) is 9.47 Å². The first-order valence-corrected chi connectivity index (χ1v) is 9.04. The van der Waals surface area contributed by atoms with Crippen molar-refractivity contribution in [1.82, 2.24) is 9.80 Å². The molecule has 2 aliphatic rings. The lowest BCUT2D eigenvalue weighted by Gasteiger charge is -2.22. The van der Waals surface area contributed by atoms with E-state index in [1.165, 1.54) is 12.0 Å². The number of carbonyl (C=O) groups is 3. The summed E-state index contributed by atoms with van der Waals surface area (Å²) < 4.78 is 10.4. The minimum atomic E-state index is -0.721. The monoisotopic (exact) mass is 372 g/mol. The lowest BCUT2D eigenvalue weighted by molar-refractivity contribution is -0.150. The third kappa shape index (κ3) is 4.13. The van der Waals surface area contributed by atoms with Crippen LogP contribution >= 0.6 is 0 Å². The number of amides is 2. The van der Waals surface area contributed by atoms with E-state index in [0.717, 1.165) is 11.1 Å². The molecule has 2 atom stereocenters. The van der Waals surface area contributed by atoms with Crippen molar-refractivity contribution in [1.29, 1.82) is 0 Å². The number of ether oxygens (including phenoxy) is 2. The van der Waals surface area contributed by atoms with Gasteiger partial charge in [0.05, 0.1) is 13.7 Å². The molecule has 2 aliphatic heterocycles. The van der Waals surface area contributed by atoms with Crippen LogP contribution in [0.3, 0.4) is 0 Å². The Morgan fingerprint density at radius 3 is 2.48 bits per heavy atom. The summed E-state index contributed by atoms with van der Waals surface area (Å²) in [5.41, 5.74) is 2.21. The van der Waals surface area contributed by atoms with Gasteiger partial charge < -0.3 is 14.4 Å². The Morgan fingerprint density at radius 2 is 1.89 bits per heavy atom. The molecule has 2 heterocycles. The molecule has 7 heteroatoms. The highest BCUT2D eigenvalue weighted by Gasteiger charge is 2.42. The van der Waals surface area contributed by atoms with Crippen molar-refractivity contribution in [3.8, 4) is 0 Å². The minimum absolute atomic E-state index is 0.169. The second-order valence-corrected chi connectivity index (χ2v) is 6.78. The first kappa shape index (κ1) is 18.9. The zero-order valence-electron chi connectivity index (χ0n) is 15.4. The maximum Gasteiger partial charge on any atom is 0.410 e. The van der Waals surface area contributed by atoms with Crippen LogP contribution in [0.5, 0.6) is 0 Å². The summed E-state index contributed by atoms with van der Waals surface area (Å²) in [6.07, 6.45) is 1.74. The highest BCUT2D eigenvalue weighted by Crippen LogP contribution is 2.26. The van der Waals surface area contributed by atoms with Crippen LogP contribution in [-0.4, -0.2) is 53.6 Å². The van der Waals surface area contributed by atoms with Gasteiger partial charge in [-0.25, -0.2) is 9.59 Å². The standard InChI is InChI=1S/C20H24N2O5/c1-3-4-9-18(23)22-13-16(10-17(22)19(24)26-2)27-20(25)21-11-14-7-5-6-8-15(14)12-21/h3,5-8,16-17H,1,4,9-13H2,2H3/t16?,17-/m0/s1. The van der Waals surface area contributed by atoms with E-state index in [2.05, 4.69) is 6.58 Å². The quantitative estimate of drug-likeness (QED) is 0.585. The number of esters is 1. The Labute approximate surface area is 158 Å². The Morgan fingerprint density at radius 1 is 1.22 bits per heavy atom. The molecular formula is C20H24N2O5. The number of benzene rings is 1. The normalized spacial score (nSPS) is 20.9. The lowest BCUT2D eigenvalue weighted by Crippen LogP contribution is -2.41. The van der Waals surface area contributed by atoms with Gasteiger partial charge in [-0.15, -0.1) is 6.58 Å². The summed E-state index contributed by atoms with van der Waals surface area (Å²) in [6, 6.07) is 7.15. The van der Waals surface area contributed by atoms with E-state index in [-0.39, 0.29) is 25.3 Å². The molecule has 0 aromatic heterocycles. The van der Waals surface area contributed by atoms with E-state index < -0.39 is 24.2 Å². The van der Waals surface area contributed by atoms with Crippen molar-refractivity contribution in [3.63, 3.8) is 0 Å². The second-order valence-electron chi connectivity index (χ2n) is 6.78. The molecule has 0 bridgehead atoms. The molecule has 0 saturated carbocycles. The molecule has 0 spiro atoms. The molecule has 1 aromatic rings. The molecule has 1 fully saturated rings. The number of methoxy groups -OCH3 is 1. The van der Waals surface area contributed by atoms with Crippen molar-refractivity contribution in [2.45, 2.75) is 44.5 Å². The molecule has 3 rings (SSSR count). The number of fused-ring (bicyclic) bond motifs is 1. The molecule has 1 unspecified atom stereocenters. The maximum atomic E-state index is 12.5. The van der Waals surface area contributed by atoms with Crippen molar-refractivity contribution in [3.05, 3.63) is 48.0 Å². The lowest BCUT2D eigenvalue weighted by atomic mass is 10.1. The highest BCUT2D eigenvalue weighted by atomic mass is 16.6. The van der Waals surface area contributed by atoms with E-state index in [1.54, 1.807) is 11.0 Å². The highest BCUT2D eigenvalue weighted by molar-refractivity contribution is 5.85. The number of hydrogen-bond donors (Lipinski definition) is 0. The average molecular weight is 372 g/mol. The van der Waals surface area contributed by atoms with E-state index in [1.807, 2.05) is 24.3 Å². The van der Waals surface area contributed by atoms with Crippen LogP contribution in [0.25, 0.3) is 0 Å². The summed E-state index contributed by atoms with van der Waals surface area (Å²) in [7, 11) is 1.29. The fourth-order valence-corrected chi connectivity index (χ4v) is 3.57. The summed E-state index contributed by atoms with van der Waals surface area (Å²) in [5, 5.41) is 0. The third-order valence-electron chi connectivity index (χ3n) is 4.99. The Bertz CT molecular complexity index is 723. The Kier molecular flexibility index (Phi) is 5.78. The number of allylic oxidation sites excluding steroid dienone is 1. The summed E-state index contributed by atoms with van der Waals surface area (Å²) >= 11 is 0. The van der Waals surface area contributed by atoms with Gasteiger partial charge in [-0.2, -0.15) is 0 Å². The second kappa shape index (κ2) is 8.24. The molecular weight excluding hydrogens is 348 g/mol. The van der Waals surface area contributed by atoms with Gasteiger partial charge in [0.2, 0.25) is 5.91 Å². The van der Waals surface area contributed by atoms with Gasteiger partial charge >= 0.3 is 12.1 Å². The first-order chi connectivity index (χ1) is 13.0. The van der Waals surface area contributed by atoms with Gasteiger partial charge in [0.1, 0.15) is 12.1 Å². The summed E-state index contributed by atoms with van der Waals surface area (Å²) in [6.45, 7) is 4.81. The van der Waals surface area contributed by atoms with E-state index in [0.29, 0.717) is 19.5 Å². The number of hydrogen-bond acceptors (Lipinski definition) is 5.